The van der Waals surface area contributed by atoms with Gasteiger partial charge in [-0.3, -0.25) is 4.79 Å². The Kier molecular flexibility index (Phi) is 3.65. The molecule has 0 atom stereocenters. The molecule has 0 radical (unpaired) electrons. The first-order chi connectivity index (χ1) is 10.0. The number of carbonyl (C=O) groups excluding carboxylic acids is 1. The molecule has 0 bridgehead atoms. The fourth-order valence-corrected chi connectivity index (χ4v) is 2.46. The van der Waals surface area contributed by atoms with Crippen molar-refractivity contribution in [2.75, 3.05) is 17.8 Å². The molecule has 0 aliphatic carbocycles. The Morgan fingerprint density at radius 2 is 1.95 bits per heavy atom. The summed E-state index contributed by atoms with van der Waals surface area (Å²) < 4.78 is 11.1. The highest BCUT2D eigenvalue weighted by Crippen LogP contribution is 2.39. The van der Waals surface area contributed by atoms with Gasteiger partial charge in [-0.15, -0.1) is 0 Å². The van der Waals surface area contributed by atoms with E-state index in [1.165, 1.54) is 0 Å². The summed E-state index contributed by atoms with van der Waals surface area (Å²) in [6.45, 7) is 0.147. The molecule has 0 aromatic heterocycles. The van der Waals surface area contributed by atoms with E-state index in [2.05, 4.69) is 21.2 Å². The van der Waals surface area contributed by atoms with Crippen molar-refractivity contribution in [1.29, 1.82) is 0 Å². The second kappa shape index (κ2) is 5.46. The topological polar surface area (TPSA) is 73.6 Å². The van der Waals surface area contributed by atoms with Gasteiger partial charge in [0.1, 0.15) is 0 Å². The number of halogens is 2. The van der Waals surface area contributed by atoms with Crippen LogP contribution in [-0.4, -0.2) is 12.7 Å². The fourth-order valence-electron chi connectivity index (χ4n) is 1.88. The van der Waals surface area contributed by atoms with E-state index in [1.54, 1.807) is 30.3 Å². The average Bonchev–Trinajstić information content (AvgIpc) is 2.89. The van der Waals surface area contributed by atoms with Crippen molar-refractivity contribution in [3.8, 4) is 11.5 Å². The lowest BCUT2D eigenvalue weighted by Crippen LogP contribution is -2.12. The van der Waals surface area contributed by atoms with E-state index >= 15 is 0 Å². The predicted octanol–water partition coefficient (Wildman–Crippen LogP) is 3.67. The van der Waals surface area contributed by atoms with Crippen LogP contribution < -0.4 is 20.5 Å². The Balaban J connectivity index is 1.86. The van der Waals surface area contributed by atoms with Crippen LogP contribution in [0.4, 0.5) is 11.4 Å². The van der Waals surface area contributed by atoms with Crippen LogP contribution >= 0.6 is 27.5 Å². The molecule has 0 spiro atoms. The summed E-state index contributed by atoms with van der Waals surface area (Å²) in [7, 11) is 0. The van der Waals surface area contributed by atoms with E-state index < -0.39 is 0 Å². The third-order valence-corrected chi connectivity index (χ3v) is 3.97. The molecular weight excluding hydrogens is 360 g/mol. The molecule has 0 fully saturated rings. The molecule has 1 aliphatic heterocycles. The molecule has 1 aliphatic rings. The summed E-state index contributed by atoms with van der Waals surface area (Å²) in [5.41, 5.74) is 7.18. The van der Waals surface area contributed by atoms with E-state index in [0.29, 0.717) is 37.9 Å². The summed E-state index contributed by atoms with van der Waals surface area (Å²) in [6.07, 6.45) is 0. The first-order valence-corrected chi connectivity index (χ1v) is 7.17. The number of nitrogen functional groups attached to an aromatic ring is 1. The Hall–Kier alpha value is -1.92. The molecule has 5 nitrogen and oxygen atoms in total. The van der Waals surface area contributed by atoms with E-state index in [0.717, 1.165) is 0 Å². The van der Waals surface area contributed by atoms with E-state index in [4.69, 9.17) is 26.8 Å². The zero-order chi connectivity index (χ0) is 15.0. The van der Waals surface area contributed by atoms with Gasteiger partial charge in [0.05, 0.1) is 10.7 Å². The molecule has 0 saturated heterocycles. The van der Waals surface area contributed by atoms with Crippen LogP contribution in [0.2, 0.25) is 5.02 Å². The number of hydrogen-bond donors (Lipinski definition) is 2. The number of anilines is 2. The average molecular weight is 370 g/mol. The molecule has 1 amide bonds. The first kappa shape index (κ1) is 14.0. The molecule has 2 aromatic carbocycles. The lowest BCUT2D eigenvalue weighted by atomic mass is 10.2. The number of rotatable bonds is 2. The second-order valence-electron chi connectivity index (χ2n) is 4.38. The molecule has 3 N–H and O–H groups in total. The zero-order valence-electron chi connectivity index (χ0n) is 10.7. The molecule has 0 unspecified atom stereocenters. The highest BCUT2D eigenvalue weighted by atomic mass is 79.9. The van der Waals surface area contributed by atoms with Crippen molar-refractivity contribution in [2.45, 2.75) is 0 Å². The minimum absolute atomic E-state index is 0.147. The highest BCUT2D eigenvalue weighted by molar-refractivity contribution is 9.10. The molecule has 1 heterocycles. The fraction of sp³-hybridized carbons (Fsp3) is 0.0714. The SMILES string of the molecule is Nc1ccc(C(=O)Nc2cc3c(cc2Cl)OCO3)cc1Br. The van der Waals surface area contributed by atoms with Gasteiger partial charge in [0.25, 0.3) is 5.91 Å². The Labute approximate surface area is 134 Å². The molecule has 3 rings (SSSR count). The minimum atomic E-state index is -0.295. The number of fused-ring (bicyclic) bond motifs is 1. The largest absolute Gasteiger partial charge is 0.454 e. The Morgan fingerprint density at radius 3 is 2.67 bits per heavy atom. The van der Waals surface area contributed by atoms with Crippen molar-refractivity contribution in [1.82, 2.24) is 0 Å². The molecule has 2 aromatic rings. The summed E-state index contributed by atoms with van der Waals surface area (Å²) in [5, 5.41) is 3.11. The zero-order valence-corrected chi connectivity index (χ0v) is 13.0. The van der Waals surface area contributed by atoms with Gasteiger partial charge >= 0.3 is 0 Å². The third kappa shape index (κ3) is 2.77. The quantitative estimate of drug-likeness (QED) is 0.792. The Morgan fingerprint density at radius 1 is 1.24 bits per heavy atom. The van der Waals surface area contributed by atoms with Crippen LogP contribution in [0, 0.1) is 0 Å². The van der Waals surface area contributed by atoms with Gasteiger partial charge in [-0.1, -0.05) is 11.6 Å². The van der Waals surface area contributed by atoms with Crippen molar-refractivity contribution in [3.05, 3.63) is 45.4 Å². The minimum Gasteiger partial charge on any atom is -0.454 e. The number of carbonyl (C=O) groups is 1. The highest BCUT2D eigenvalue weighted by Gasteiger charge is 2.18. The monoisotopic (exact) mass is 368 g/mol. The van der Waals surface area contributed by atoms with Crippen LogP contribution in [0.15, 0.2) is 34.8 Å². The number of ether oxygens (including phenoxy) is 2. The van der Waals surface area contributed by atoms with Crippen molar-refractivity contribution in [3.63, 3.8) is 0 Å². The molecule has 7 heteroatoms. The van der Waals surface area contributed by atoms with Crippen LogP contribution in [0.1, 0.15) is 10.4 Å². The van der Waals surface area contributed by atoms with Gasteiger partial charge < -0.3 is 20.5 Å². The number of hydrogen-bond acceptors (Lipinski definition) is 4. The Bertz CT molecular complexity index is 736. The maximum absolute atomic E-state index is 12.2. The van der Waals surface area contributed by atoms with Crippen LogP contribution in [0.5, 0.6) is 11.5 Å². The van der Waals surface area contributed by atoms with Crippen LogP contribution in [0.25, 0.3) is 0 Å². The smallest absolute Gasteiger partial charge is 0.255 e. The summed E-state index contributed by atoms with van der Waals surface area (Å²) in [6, 6.07) is 8.18. The van der Waals surface area contributed by atoms with Gasteiger partial charge in [-0.25, -0.2) is 0 Å². The van der Waals surface area contributed by atoms with Crippen molar-refractivity contribution in [2.24, 2.45) is 0 Å². The summed E-state index contributed by atoms with van der Waals surface area (Å²) in [4.78, 5) is 12.2. The number of nitrogens with one attached hydrogen (secondary N) is 1. The van der Waals surface area contributed by atoms with Crippen LogP contribution in [-0.2, 0) is 0 Å². The second-order valence-corrected chi connectivity index (χ2v) is 5.64. The molecule has 21 heavy (non-hydrogen) atoms. The number of amides is 1. The van der Waals surface area contributed by atoms with E-state index in [-0.39, 0.29) is 12.7 Å². The molecular formula is C14H10BrClN2O3. The van der Waals surface area contributed by atoms with E-state index in [1.807, 2.05) is 0 Å². The standard InChI is InChI=1S/C14H10BrClN2O3/c15-8-3-7(1-2-10(8)17)14(19)18-11-5-13-12(4-9(11)16)20-6-21-13/h1-5H,6,17H2,(H,18,19). The van der Waals surface area contributed by atoms with E-state index in [9.17, 15) is 4.79 Å². The van der Waals surface area contributed by atoms with Gasteiger partial charge in [-0.2, -0.15) is 0 Å². The van der Waals surface area contributed by atoms with Crippen molar-refractivity contribution < 1.29 is 14.3 Å². The maximum atomic E-state index is 12.2. The predicted molar refractivity (Wildman–Crippen MR) is 84.1 cm³/mol. The van der Waals surface area contributed by atoms with Crippen LogP contribution in [0.3, 0.4) is 0 Å². The van der Waals surface area contributed by atoms with Crippen molar-refractivity contribution >= 4 is 44.8 Å². The normalized spacial score (nSPS) is 12.3. The molecule has 0 saturated carbocycles. The molecule has 108 valence electrons. The maximum Gasteiger partial charge on any atom is 0.255 e. The number of nitrogens with two attached hydrogens (primary N) is 1. The summed E-state index contributed by atoms with van der Waals surface area (Å²) in [5.74, 6) is 0.817. The lowest BCUT2D eigenvalue weighted by molar-refractivity contribution is 0.102. The lowest BCUT2D eigenvalue weighted by Gasteiger charge is -2.09. The van der Waals surface area contributed by atoms with Gasteiger partial charge in [-0.05, 0) is 34.1 Å². The van der Waals surface area contributed by atoms with Gasteiger partial charge in [0.2, 0.25) is 6.79 Å². The van der Waals surface area contributed by atoms with Gasteiger partial charge in [0, 0.05) is 27.9 Å². The summed E-state index contributed by atoms with van der Waals surface area (Å²) >= 11 is 9.40. The number of benzene rings is 2. The third-order valence-electron chi connectivity index (χ3n) is 2.97. The van der Waals surface area contributed by atoms with Gasteiger partial charge in [0.15, 0.2) is 11.5 Å². The first-order valence-electron chi connectivity index (χ1n) is 6.00.